The molecule has 1 heterocycles. The van der Waals surface area contributed by atoms with Crippen molar-refractivity contribution in [2.75, 3.05) is 12.4 Å². The molecule has 41 heavy (non-hydrogen) atoms. The van der Waals surface area contributed by atoms with Gasteiger partial charge in [0.2, 0.25) is 5.91 Å². The van der Waals surface area contributed by atoms with Crippen LogP contribution in [0.3, 0.4) is 0 Å². The van der Waals surface area contributed by atoms with Gasteiger partial charge in [0, 0.05) is 40.2 Å². The van der Waals surface area contributed by atoms with Gasteiger partial charge in [-0.1, -0.05) is 55.8 Å². The number of hydrogen-bond acceptors (Lipinski definition) is 5. The highest BCUT2D eigenvalue weighted by atomic mass is 35.5. The highest BCUT2D eigenvalue weighted by Gasteiger charge is 2.26. The molecular weight excluding hydrogens is 544 g/mol. The maximum atomic E-state index is 13.6. The molecule has 0 saturated heterocycles. The Balaban J connectivity index is 1.80. The summed E-state index contributed by atoms with van der Waals surface area (Å²) in [7, 11) is 1.44. The van der Waals surface area contributed by atoms with Crippen LogP contribution in [-0.4, -0.2) is 34.4 Å². The normalized spacial score (nSPS) is 11.6. The second-order valence-corrected chi connectivity index (χ2v) is 10.2. The van der Waals surface area contributed by atoms with Crippen molar-refractivity contribution >= 4 is 34.9 Å². The minimum Gasteiger partial charge on any atom is -0.495 e. The van der Waals surface area contributed by atoms with E-state index in [1.165, 1.54) is 48.2 Å². The number of pyridine rings is 1. The Morgan fingerprint density at radius 1 is 0.951 bits per heavy atom. The summed E-state index contributed by atoms with van der Waals surface area (Å²) in [4.78, 5) is 51.4. The number of amides is 1. The third kappa shape index (κ3) is 6.73. The zero-order valence-corrected chi connectivity index (χ0v) is 23.5. The number of benzene rings is 3. The fourth-order valence-electron chi connectivity index (χ4n) is 4.49. The van der Waals surface area contributed by atoms with Crippen LogP contribution in [0.1, 0.15) is 46.2 Å². The third-order valence-electron chi connectivity index (χ3n) is 6.64. The number of halogens is 1. The summed E-state index contributed by atoms with van der Waals surface area (Å²) >= 11 is 6.28. The molecule has 4 rings (SSSR count). The van der Waals surface area contributed by atoms with Gasteiger partial charge in [-0.2, -0.15) is 0 Å². The van der Waals surface area contributed by atoms with Gasteiger partial charge in [-0.05, 0) is 53.6 Å². The fraction of sp³-hybridized carbons (Fsp3) is 0.188. The lowest BCUT2D eigenvalue weighted by Gasteiger charge is -2.22. The number of ketones is 1. The van der Waals surface area contributed by atoms with E-state index in [4.69, 9.17) is 21.4 Å². The molecule has 0 aliphatic heterocycles. The van der Waals surface area contributed by atoms with Crippen molar-refractivity contribution in [3.63, 3.8) is 0 Å². The molecule has 0 aliphatic carbocycles. The molecule has 1 aromatic heterocycles. The average Bonchev–Trinajstić information content (AvgIpc) is 2.96. The molecule has 0 unspecified atom stereocenters. The molecule has 0 aliphatic rings. The number of rotatable bonds is 10. The Labute approximate surface area is 242 Å². The zero-order chi connectivity index (χ0) is 29.7. The van der Waals surface area contributed by atoms with Crippen molar-refractivity contribution in [3.8, 4) is 16.9 Å². The number of Topliss-reactive ketones (excluding diaryl/α,β-unsaturated/α-hetero) is 1. The lowest BCUT2D eigenvalue weighted by atomic mass is 9.92. The summed E-state index contributed by atoms with van der Waals surface area (Å²) in [5.41, 5.74) is 2.04. The Bertz CT molecular complexity index is 1650. The number of carbonyl (C=O) groups excluding carboxylic acids is 2. The second kappa shape index (κ2) is 12.7. The molecule has 4 aromatic rings. The van der Waals surface area contributed by atoms with Gasteiger partial charge in [-0.25, -0.2) is 4.79 Å². The van der Waals surface area contributed by atoms with Gasteiger partial charge < -0.3 is 15.2 Å². The first kappa shape index (κ1) is 29.3. The Hall–Kier alpha value is -4.69. The number of nitrogens with one attached hydrogen (secondary N) is 1. The maximum Gasteiger partial charge on any atom is 0.335 e. The summed E-state index contributed by atoms with van der Waals surface area (Å²) in [6.07, 6.45) is 1.65. The molecule has 0 bridgehead atoms. The summed E-state index contributed by atoms with van der Waals surface area (Å²) < 4.78 is 6.96. The van der Waals surface area contributed by atoms with Gasteiger partial charge in [0.1, 0.15) is 11.8 Å². The first-order valence-corrected chi connectivity index (χ1v) is 13.3. The summed E-state index contributed by atoms with van der Waals surface area (Å²) in [6, 6.07) is 20.2. The van der Waals surface area contributed by atoms with E-state index in [1.807, 2.05) is 30.3 Å². The topological polar surface area (TPSA) is 115 Å². The molecule has 0 radical (unpaired) electrons. The Morgan fingerprint density at radius 2 is 1.63 bits per heavy atom. The Morgan fingerprint density at radius 3 is 2.24 bits per heavy atom. The van der Waals surface area contributed by atoms with Crippen molar-refractivity contribution in [3.05, 3.63) is 117 Å². The predicted molar refractivity (Wildman–Crippen MR) is 158 cm³/mol. The molecule has 1 atom stereocenters. The molecule has 0 fully saturated rings. The van der Waals surface area contributed by atoms with E-state index < -0.39 is 23.5 Å². The molecule has 3 aromatic carbocycles. The van der Waals surface area contributed by atoms with E-state index in [0.717, 1.165) is 5.56 Å². The van der Waals surface area contributed by atoms with Crippen LogP contribution in [0, 0.1) is 5.92 Å². The van der Waals surface area contributed by atoms with Crippen LogP contribution in [-0.2, 0) is 11.2 Å². The number of aromatic carboxylic acids is 1. The van der Waals surface area contributed by atoms with E-state index in [9.17, 15) is 19.2 Å². The Kier molecular flexibility index (Phi) is 9.04. The van der Waals surface area contributed by atoms with Crippen molar-refractivity contribution < 1.29 is 24.2 Å². The largest absolute Gasteiger partial charge is 0.495 e. The maximum absolute atomic E-state index is 13.6. The molecule has 1 amide bonds. The second-order valence-electron chi connectivity index (χ2n) is 9.79. The number of carbonyl (C=O) groups is 3. The lowest BCUT2D eigenvalue weighted by molar-refractivity contribution is -0.119. The van der Waals surface area contributed by atoms with Crippen molar-refractivity contribution in [1.29, 1.82) is 0 Å². The summed E-state index contributed by atoms with van der Waals surface area (Å²) in [6.45, 7) is 3.58. The lowest BCUT2D eigenvalue weighted by Crippen LogP contribution is -2.34. The number of carboxylic acids is 1. The predicted octanol–water partition coefficient (Wildman–Crippen LogP) is 6.14. The van der Waals surface area contributed by atoms with E-state index in [2.05, 4.69) is 5.32 Å². The van der Waals surface area contributed by atoms with Crippen LogP contribution < -0.4 is 15.6 Å². The summed E-state index contributed by atoms with van der Waals surface area (Å²) in [5, 5.41) is 12.3. The van der Waals surface area contributed by atoms with Crippen LogP contribution in [0.15, 0.2) is 89.9 Å². The molecular formula is C32H29ClN2O6. The van der Waals surface area contributed by atoms with Crippen molar-refractivity contribution in [2.45, 2.75) is 26.3 Å². The number of anilines is 1. The van der Waals surface area contributed by atoms with Gasteiger partial charge in [-0.3, -0.25) is 19.0 Å². The summed E-state index contributed by atoms with van der Waals surface area (Å²) in [5.74, 6) is -1.68. The smallest absolute Gasteiger partial charge is 0.335 e. The monoisotopic (exact) mass is 572 g/mol. The van der Waals surface area contributed by atoms with Gasteiger partial charge in [0.15, 0.2) is 5.78 Å². The third-order valence-corrected chi connectivity index (χ3v) is 6.87. The molecule has 0 spiro atoms. The van der Waals surface area contributed by atoms with Gasteiger partial charge in [0.05, 0.1) is 18.9 Å². The van der Waals surface area contributed by atoms with E-state index in [-0.39, 0.29) is 29.4 Å². The first-order chi connectivity index (χ1) is 19.6. The van der Waals surface area contributed by atoms with Crippen LogP contribution in [0.4, 0.5) is 5.69 Å². The number of ether oxygens (including phenoxy) is 1. The van der Waals surface area contributed by atoms with Crippen LogP contribution in [0.2, 0.25) is 5.02 Å². The molecule has 2 N–H and O–H groups in total. The number of methoxy groups -OCH3 is 1. The molecule has 8 nitrogen and oxygen atoms in total. The van der Waals surface area contributed by atoms with Crippen LogP contribution >= 0.6 is 11.6 Å². The minimum absolute atomic E-state index is 0.0803. The van der Waals surface area contributed by atoms with Crippen molar-refractivity contribution in [1.82, 2.24) is 4.57 Å². The average molecular weight is 573 g/mol. The molecule has 210 valence electrons. The minimum atomic E-state index is -1.08. The number of hydrogen-bond donors (Lipinski definition) is 2. The molecule has 9 heteroatoms. The van der Waals surface area contributed by atoms with Gasteiger partial charge >= 0.3 is 5.97 Å². The SMILES string of the molecule is COc1cn([C@@H](Cc2ccccc2)C(=O)Nc2ccc(C(=O)O)cc2)c(=O)cc1-c1cc(Cl)ccc1C(=O)C(C)C. The number of carboxylic acid groups (broad SMARTS) is 1. The van der Waals surface area contributed by atoms with E-state index in [1.54, 1.807) is 32.0 Å². The number of nitrogens with zero attached hydrogens (tertiary/aromatic N) is 1. The fourth-order valence-corrected chi connectivity index (χ4v) is 4.66. The highest BCUT2D eigenvalue weighted by molar-refractivity contribution is 6.31. The van der Waals surface area contributed by atoms with Gasteiger partial charge in [-0.15, -0.1) is 0 Å². The van der Waals surface area contributed by atoms with Crippen molar-refractivity contribution in [2.24, 2.45) is 5.92 Å². The van der Waals surface area contributed by atoms with E-state index in [0.29, 0.717) is 27.4 Å². The van der Waals surface area contributed by atoms with Crippen LogP contribution in [0.5, 0.6) is 5.75 Å². The highest BCUT2D eigenvalue weighted by Crippen LogP contribution is 2.35. The zero-order valence-electron chi connectivity index (χ0n) is 22.8. The quantitative estimate of drug-likeness (QED) is 0.221. The standard InChI is InChI=1S/C32H29ClN2O6/c1-19(2)30(37)24-14-11-22(33)16-25(24)26-17-29(36)35(18-28(26)41-3)27(15-20-7-5-4-6-8-20)31(38)34-23-12-9-21(10-13-23)32(39)40/h4-14,16-19,27H,15H2,1-3H3,(H,34,38)(H,39,40)/t27-/m0/s1. The van der Waals surface area contributed by atoms with E-state index >= 15 is 0 Å². The first-order valence-electron chi connectivity index (χ1n) is 12.9. The van der Waals surface area contributed by atoms with Crippen LogP contribution in [0.25, 0.3) is 11.1 Å². The number of aromatic nitrogens is 1. The van der Waals surface area contributed by atoms with Gasteiger partial charge in [0.25, 0.3) is 5.56 Å². The molecule has 0 saturated carbocycles.